The normalized spacial score (nSPS) is 22.5. The van der Waals surface area contributed by atoms with Gasteiger partial charge in [0.1, 0.15) is 0 Å². The molecule has 0 bridgehead atoms. The summed E-state index contributed by atoms with van der Waals surface area (Å²) in [6, 6.07) is 5.93. The Kier molecular flexibility index (Phi) is 4.36. The molecule has 26 heavy (non-hydrogen) atoms. The van der Waals surface area contributed by atoms with Crippen molar-refractivity contribution in [1.29, 1.82) is 0 Å². The summed E-state index contributed by atoms with van der Waals surface area (Å²) in [6.07, 6.45) is 7.66. The van der Waals surface area contributed by atoms with Crippen LogP contribution in [0.4, 0.5) is 0 Å². The van der Waals surface area contributed by atoms with E-state index in [1.165, 1.54) is 0 Å². The molecule has 7 nitrogen and oxygen atoms in total. The molecule has 1 N–H and O–H groups in total. The molecule has 1 aliphatic heterocycles. The summed E-state index contributed by atoms with van der Waals surface area (Å²) in [7, 11) is 0. The van der Waals surface area contributed by atoms with Gasteiger partial charge >= 0.3 is 0 Å². The smallest absolute Gasteiger partial charge is 0.289 e. The number of likely N-dealkylation sites (tertiary alicyclic amines) is 1. The highest BCUT2D eigenvalue weighted by Gasteiger charge is 2.47. The lowest BCUT2D eigenvalue weighted by molar-refractivity contribution is -0.129. The topological polar surface area (TPSA) is 88.1 Å². The minimum atomic E-state index is -0.309. The maximum atomic E-state index is 12.6. The van der Waals surface area contributed by atoms with Gasteiger partial charge in [-0.15, -0.1) is 0 Å². The monoisotopic (exact) mass is 351 g/mol. The van der Waals surface area contributed by atoms with E-state index in [0.29, 0.717) is 19.0 Å². The Labute approximate surface area is 151 Å². The number of amides is 2. The van der Waals surface area contributed by atoms with Crippen molar-refractivity contribution in [1.82, 2.24) is 25.2 Å². The molecule has 1 aliphatic carbocycles. The molecule has 0 aromatic carbocycles. The lowest BCUT2D eigenvalue weighted by Gasteiger charge is -2.28. The predicted octanol–water partition coefficient (Wildman–Crippen LogP) is 1.66. The fraction of sp³-hybridized carbons (Fsp3) is 0.421. The molecule has 3 heterocycles. The summed E-state index contributed by atoms with van der Waals surface area (Å²) in [5.74, 6) is 0.0238. The van der Waals surface area contributed by atoms with Crippen LogP contribution in [0, 0.1) is 12.8 Å². The highest BCUT2D eigenvalue weighted by Crippen LogP contribution is 2.44. The standard InChI is InChI=1S/C19H21N5O2/c1-12-6-8-21-18(23-12)19(26)22-11-14-9-16(25)24(15-4-5-15)17(14)13-3-2-7-20-10-13/h2-3,6-8,10,14-15,17H,4-5,9,11H2,1H3,(H,22,26)/t14-,17-/m0/s1. The predicted molar refractivity (Wildman–Crippen MR) is 94.1 cm³/mol. The van der Waals surface area contributed by atoms with Crippen molar-refractivity contribution in [2.24, 2.45) is 5.92 Å². The van der Waals surface area contributed by atoms with Crippen LogP contribution in [0.1, 0.15) is 47.2 Å². The number of hydrogen-bond acceptors (Lipinski definition) is 5. The van der Waals surface area contributed by atoms with Gasteiger partial charge in [-0.25, -0.2) is 9.97 Å². The average molecular weight is 351 g/mol. The molecular weight excluding hydrogens is 330 g/mol. The Morgan fingerprint density at radius 1 is 1.31 bits per heavy atom. The molecule has 2 atom stereocenters. The maximum absolute atomic E-state index is 12.6. The molecule has 2 amide bonds. The lowest BCUT2D eigenvalue weighted by Crippen LogP contribution is -2.35. The van der Waals surface area contributed by atoms with Gasteiger partial charge in [-0.2, -0.15) is 0 Å². The molecule has 0 radical (unpaired) electrons. The lowest BCUT2D eigenvalue weighted by atomic mass is 9.94. The Hall–Kier alpha value is -2.83. The van der Waals surface area contributed by atoms with Crippen LogP contribution in [-0.4, -0.2) is 44.3 Å². The largest absolute Gasteiger partial charge is 0.349 e. The molecule has 134 valence electrons. The summed E-state index contributed by atoms with van der Waals surface area (Å²) < 4.78 is 0. The Morgan fingerprint density at radius 2 is 2.15 bits per heavy atom. The van der Waals surface area contributed by atoms with Gasteiger partial charge in [-0.1, -0.05) is 6.07 Å². The Morgan fingerprint density at radius 3 is 2.85 bits per heavy atom. The van der Waals surface area contributed by atoms with E-state index in [1.54, 1.807) is 18.5 Å². The van der Waals surface area contributed by atoms with E-state index in [1.807, 2.05) is 30.2 Å². The number of aryl methyl sites for hydroxylation is 1. The molecule has 2 aromatic rings. The molecular formula is C19H21N5O2. The highest BCUT2D eigenvalue weighted by molar-refractivity contribution is 5.90. The van der Waals surface area contributed by atoms with Gasteiger partial charge in [0.2, 0.25) is 11.7 Å². The number of hydrogen-bond donors (Lipinski definition) is 1. The van der Waals surface area contributed by atoms with Crippen molar-refractivity contribution in [3.63, 3.8) is 0 Å². The summed E-state index contributed by atoms with van der Waals surface area (Å²) in [5.41, 5.74) is 1.77. The van der Waals surface area contributed by atoms with E-state index >= 15 is 0 Å². The highest BCUT2D eigenvalue weighted by atomic mass is 16.2. The number of carbonyl (C=O) groups excluding carboxylic acids is 2. The first-order valence-corrected chi connectivity index (χ1v) is 8.92. The number of aromatic nitrogens is 3. The van der Waals surface area contributed by atoms with Crippen LogP contribution < -0.4 is 5.32 Å². The van der Waals surface area contributed by atoms with Crippen LogP contribution >= 0.6 is 0 Å². The van der Waals surface area contributed by atoms with Crippen LogP contribution in [0.25, 0.3) is 0 Å². The van der Waals surface area contributed by atoms with E-state index in [-0.39, 0.29) is 29.6 Å². The van der Waals surface area contributed by atoms with E-state index in [0.717, 1.165) is 24.1 Å². The third kappa shape index (κ3) is 3.29. The van der Waals surface area contributed by atoms with Crippen molar-refractivity contribution in [3.05, 3.63) is 53.9 Å². The van der Waals surface area contributed by atoms with Crippen molar-refractivity contribution in [2.45, 2.75) is 38.3 Å². The Bertz CT molecular complexity index is 822. The van der Waals surface area contributed by atoms with Gasteiger partial charge < -0.3 is 10.2 Å². The van der Waals surface area contributed by atoms with E-state index < -0.39 is 0 Å². The van der Waals surface area contributed by atoms with Crippen LogP contribution in [0.5, 0.6) is 0 Å². The molecule has 0 unspecified atom stereocenters. The molecule has 2 aliphatic rings. The SMILES string of the molecule is Cc1ccnc(C(=O)NC[C@@H]2CC(=O)N(C3CC3)[C@H]2c2cccnc2)n1. The van der Waals surface area contributed by atoms with Gasteiger partial charge in [-0.3, -0.25) is 14.6 Å². The Balaban J connectivity index is 1.51. The summed E-state index contributed by atoms with van der Waals surface area (Å²) >= 11 is 0. The number of pyridine rings is 1. The third-order valence-corrected chi connectivity index (χ3v) is 4.96. The zero-order valence-corrected chi connectivity index (χ0v) is 14.6. The second-order valence-corrected chi connectivity index (χ2v) is 6.96. The zero-order valence-electron chi connectivity index (χ0n) is 14.6. The maximum Gasteiger partial charge on any atom is 0.289 e. The van der Waals surface area contributed by atoms with Gasteiger partial charge in [0.25, 0.3) is 5.91 Å². The van der Waals surface area contributed by atoms with Crippen molar-refractivity contribution in [3.8, 4) is 0 Å². The summed E-state index contributed by atoms with van der Waals surface area (Å²) in [6.45, 7) is 2.23. The first-order chi connectivity index (χ1) is 12.6. The van der Waals surface area contributed by atoms with E-state index in [4.69, 9.17) is 0 Å². The summed E-state index contributed by atoms with van der Waals surface area (Å²) in [4.78, 5) is 39.3. The first-order valence-electron chi connectivity index (χ1n) is 8.92. The van der Waals surface area contributed by atoms with E-state index in [2.05, 4.69) is 20.3 Å². The van der Waals surface area contributed by atoms with E-state index in [9.17, 15) is 9.59 Å². The zero-order chi connectivity index (χ0) is 18.1. The van der Waals surface area contributed by atoms with Crippen molar-refractivity contribution < 1.29 is 9.59 Å². The van der Waals surface area contributed by atoms with Gasteiger partial charge in [0.15, 0.2) is 0 Å². The molecule has 0 spiro atoms. The van der Waals surface area contributed by atoms with Crippen molar-refractivity contribution >= 4 is 11.8 Å². The van der Waals surface area contributed by atoms with Crippen LogP contribution in [0.3, 0.4) is 0 Å². The molecule has 2 aromatic heterocycles. The second kappa shape index (κ2) is 6.82. The fourth-order valence-electron chi connectivity index (χ4n) is 3.64. The van der Waals surface area contributed by atoms with Crippen LogP contribution in [0.2, 0.25) is 0 Å². The molecule has 4 rings (SSSR count). The fourth-order valence-corrected chi connectivity index (χ4v) is 3.64. The van der Waals surface area contributed by atoms with Gasteiger partial charge in [0.05, 0.1) is 6.04 Å². The quantitative estimate of drug-likeness (QED) is 0.885. The van der Waals surface area contributed by atoms with Gasteiger partial charge in [0, 0.05) is 49.2 Å². The number of carbonyl (C=O) groups is 2. The van der Waals surface area contributed by atoms with Crippen molar-refractivity contribution in [2.75, 3.05) is 6.54 Å². The summed E-state index contributed by atoms with van der Waals surface area (Å²) in [5, 5.41) is 2.91. The molecule has 2 fully saturated rings. The molecule has 1 saturated heterocycles. The van der Waals surface area contributed by atoms with Crippen LogP contribution in [-0.2, 0) is 4.79 Å². The number of nitrogens with one attached hydrogen (secondary N) is 1. The first kappa shape index (κ1) is 16.6. The molecule has 1 saturated carbocycles. The third-order valence-electron chi connectivity index (χ3n) is 4.96. The average Bonchev–Trinajstić information content (AvgIpc) is 3.43. The second-order valence-electron chi connectivity index (χ2n) is 6.96. The van der Waals surface area contributed by atoms with Gasteiger partial charge in [-0.05, 0) is 37.5 Å². The minimum absolute atomic E-state index is 0.0149. The number of nitrogens with zero attached hydrogens (tertiary/aromatic N) is 4. The van der Waals surface area contributed by atoms with Crippen LogP contribution in [0.15, 0.2) is 36.8 Å². The minimum Gasteiger partial charge on any atom is -0.349 e. The molecule has 7 heteroatoms. The number of rotatable bonds is 5.